The second kappa shape index (κ2) is 7.47. The number of fused-ring (bicyclic) bond motifs is 1. The summed E-state index contributed by atoms with van der Waals surface area (Å²) in [5, 5.41) is 4.31. The fraction of sp³-hybridized carbons (Fsp3) is 0.476. The van der Waals surface area contributed by atoms with Crippen LogP contribution in [-0.2, 0) is 4.79 Å². The molecule has 0 radical (unpaired) electrons. The van der Waals surface area contributed by atoms with E-state index in [1.54, 1.807) is 12.1 Å². The van der Waals surface area contributed by atoms with E-state index in [2.05, 4.69) is 10.3 Å². The van der Waals surface area contributed by atoms with Gasteiger partial charge in [0, 0.05) is 42.6 Å². The molecule has 2 aliphatic rings. The van der Waals surface area contributed by atoms with Crippen molar-refractivity contribution in [2.75, 3.05) is 13.1 Å². The quantitative estimate of drug-likeness (QED) is 0.872. The Labute approximate surface area is 164 Å². The number of likely N-dealkylation sites (tertiary alicyclic amines) is 1. The second-order valence-corrected chi connectivity index (χ2v) is 8.12. The number of amides is 2. The van der Waals surface area contributed by atoms with Crippen molar-refractivity contribution in [2.45, 2.75) is 45.1 Å². The maximum Gasteiger partial charge on any atom is 0.252 e. The van der Waals surface area contributed by atoms with Gasteiger partial charge in [-0.15, -0.1) is 0 Å². The lowest BCUT2D eigenvalue weighted by molar-refractivity contribution is -0.129. The summed E-state index contributed by atoms with van der Waals surface area (Å²) in [7, 11) is 0. The molecule has 2 heterocycles. The van der Waals surface area contributed by atoms with Gasteiger partial charge in [-0.3, -0.25) is 14.6 Å². The summed E-state index contributed by atoms with van der Waals surface area (Å²) < 4.78 is 0. The van der Waals surface area contributed by atoms with E-state index in [0.717, 1.165) is 30.5 Å². The summed E-state index contributed by atoms with van der Waals surface area (Å²) in [6.45, 7) is 3.12. The number of hydrogen-bond donors (Lipinski definition) is 1. The van der Waals surface area contributed by atoms with E-state index in [4.69, 9.17) is 11.6 Å². The molecular formula is C21H24ClN3O2. The number of aromatic nitrogens is 1. The average molecular weight is 386 g/mol. The molecule has 4 rings (SSSR count). The number of hydrogen-bond acceptors (Lipinski definition) is 3. The molecule has 0 bridgehead atoms. The third-order valence-corrected chi connectivity index (χ3v) is 6.02. The van der Waals surface area contributed by atoms with E-state index in [-0.39, 0.29) is 17.7 Å². The van der Waals surface area contributed by atoms with Crippen LogP contribution in [0.5, 0.6) is 0 Å². The van der Waals surface area contributed by atoms with E-state index < -0.39 is 0 Å². The topological polar surface area (TPSA) is 62.3 Å². The largest absolute Gasteiger partial charge is 0.352 e. The lowest BCUT2D eigenvalue weighted by Crippen LogP contribution is -2.36. The Bertz CT molecular complexity index is 892. The van der Waals surface area contributed by atoms with Gasteiger partial charge < -0.3 is 10.2 Å². The SMILES string of the molecule is Cc1cc(C(=O)NC[C@@H]2CC(=O)N(C3CCCC3)C2)c2cccc(Cl)c2n1. The Hall–Kier alpha value is -2.14. The van der Waals surface area contributed by atoms with Gasteiger partial charge in [0.15, 0.2) is 0 Å². The Morgan fingerprint density at radius 2 is 2.11 bits per heavy atom. The van der Waals surface area contributed by atoms with E-state index in [0.29, 0.717) is 35.1 Å². The van der Waals surface area contributed by atoms with E-state index in [1.807, 2.05) is 24.0 Å². The summed E-state index contributed by atoms with van der Waals surface area (Å²) in [5.41, 5.74) is 1.98. The molecule has 1 atom stereocenters. The summed E-state index contributed by atoms with van der Waals surface area (Å²) in [6.07, 6.45) is 5.19. The average Bonchev–Trinajstić information content (AvgIpc) is 3.29. The molecule has 2 fully saturated rings. The number of pyridine rings is 1. The van der Waals surface area contributed by atoms with Gasteiger partial charge in [-0.1, -0.05) is 36.6 Å². The molecule has 1 saturated heterocycles. The zero-order valence-corrected chi connectivity index (χ0v) is 16.3. The Morgan fingerprint density at radius 1 is 1.33 bits per heavy atom. The normalized spacial score (nSPS) is 20.6. The van der Waals surface area contributed by atoms with Crippen LogP contribution in [0.1, 0.15) is 48.2 Å². The molecule has 1 N–H and O–H groups in total. The van der Waals surface area contributed by atoms with Gasteiger partial charge in [-0.2, -0.15) is 0 Å². The number of aryl methyl sites for hydroxylation is 1. The van der Waals surface area contributed by atoms with Gasteiger partial charge >= 0.3 is 0 Å². The van der Waals surface area contributed by atoms with Crippen LogP contribution in [0.4, 0.5) is 0 Å². The van der Waals surface area contributed by atoms with Crippen LogP contribution in [0.15, 0.2) is 24.3 Å². The highest BCUT2D eigenvalue weighted by molar-refractivity contribution is 6.35. The monoisotopic (exact) mass is 385 g/mol. The summed E-state index contributed by atoms with van der Waals surface area (Å²) >= 11 is 6.24. The van der Waals surface area contributed by atoms with Gasteiger partial charge in [-0.05, 0) is 31.9 Å². The van der Waals surface area contributed by atoms with Gasteiger partial charge in [0.1, 0.15) is 0 Å². The number of carbonyl (C=O) groups excluding carboxylic acids is 2. The summed E-state index contributed by atoms with van der Waals surface area (Å²) in [4.78, 5) is 31.6. The smallest absolute Gasteiger partial charge is 0.252 e. The zero-order chi connectivity index (χ0) is 19.0. The van der Waals surface area contributed by atoms with Crippen LogP contribution < -0.4 is 5.32 Å². The molecule has 1 aromatic heterocycles. The Kier molecular flexibility index (Phi) is 5.04. The molecule has 0 unspecified atom stereocenters. The van der Waals surface area contributed by atoms with Gasteiger partial charge in [0.25, 0.3) is 5.91 Å². The fourth-order valence-corrected chi connectivity index (χ4v) is 4.59. The fourth-order valence-electron chi connectivity index (χ4n) is 4.38. The van der Waals surface area contributed by atoms with Gasteiger partial charge in [0.2, 0.25) is 5.91 Å². The highest BCUT2D eigenvalue weighted by Gasteiger charge is 2.35. The first-order chi connectivity index (χ1) is 13.0. The van der Waals surface area contributed by atoms with Crippen LogP contribution in [0.3, 0.4) is 0 Å². The van der Waals surface area contributed by atoms with E-state index >= 15 is 0 Å². The molecule has 2 amide bonds. The second-order valence-electron chi connectivity index (χ2n) is 7.71. The van der Waals surface area contributed by atoms with Crippen LogP contribution in [0.25, 0.3) is 10.9 Å². The van der Waals surface area contributed by atoms with E-state index in [1.165, 1.54) is 12.8 Å². The van der Waals surface area contributed by atoms with Gasteiger partial charge in [0.05, 0.1) is 16.1 Å². The highest BCUT2D eigenvalue weighted by atomic mass is 35.5. The lowest BCUT2D eigenvalue weighted by Gasteiger charge is -2.24. The van der Waals surface area contributed by atoms with Crippen molar-refractivity contribution in [1.82, 2.24) is 15.2 Å². The Morgan fingerprint density at radius 3 is 2.89 bits per heavy atom. The predicted molar refractivity (Wildman–Crippen MR) is 106 cm³/mol. The number of nitrogens with zero attached hydrogens (tertiary/aromatic N) is 2. The minimum absolute atomic E-state index is 0.139. The molecular weight excluding hydrogens is 362 g/mol. The van der Waals surface area contributed by atoms with Crippen molar-refractivity contribution in [1.29, 1.82) is 0 Å². The summed E-state index contributed by atoms with van der Waals surface area (Å²) in [5.74, 6) is 0.275. The number of carbonyl (C=O) groups is 2. The minimum Gasteiger partial charge on any atom is -0.352 e. The maximum atomic E-state index is 12.8. The lowest BCUT2D eigenvalue weighted by atomic mass is 10.1. The predicted octanol–water partition coefficient (Wildman–Crippen LogP) is 3.72. The first-order valence-corrected chi connectivity index (χ1v) is 10.0. The molecule has 0 spiro atoms. The number of para-hydroxylation sites is 1. The number of nitrogens with one attached hydrogen (secondary N) is 1. The van der Waals surface area contributed by atoms with Crippen LogP contribution >= 0.6 is 11.6 Å². The third-order valence-electron chi connectivity index (χ3n) is 5.72. The first kappa shape index (κ1) is 18.2. The van der Waals surface area contributed by atoms with Crippen molar-refractivity contribution in [2.24, 2.45) is 5.92 Å². The van der Waals surface area contributed by atoms with Crippen molar-refractivity contribution >= 4 is 34.3 Å². The molecule has 1 saturated carbocycles. The highest BCUT2D eigenvalue weighted by Crippen LogP contribution is 2.29. The van der Waals surface area contributed by atoms with Crippen molar-refractivity contribution in [3.8, 4) is 0 Å². The summed E-state index contributed by atoms with van der Waals surface area (Å²) in [6, 6.07) is 7.67. The molecule has 5 nitrogen and oxygen atoms in total. The molecule has 27 heavy (non-hydrogen) atoms. The van der Waals surface area contributed by atoms with Crippen LogP contribution in [-0.4, -0.2) is 40.8 Å². The molecule has 1 aliphatic carbocycles. The van der Waals surface area contributed by atoms with Gasteiger partial charge in [-0.25, -0.2) is 0 Å². The third kappa shape index (κ3) is 3.65. The van der Waals surface area contributed by atoms with Crippen LogP contribution in [0, 0.1) is 12.8 Å². The zero-order valence-electron chi connectivity index (χ0n) is 15.5. The van der Waals surface area contributed by atoms with Crippen molar-refractivity contribution in [3.63, 3.8) is 0 Å². The van der Waals surface area contributed by atoms with Crippen molar-refractivity contribution < 1.29 is 9.59 Å². The standard InChI is InChI=1S/C21H24ClN3O2/c1-13-9-17(16-7-4-8-18(22)20(16)24-13)21(27)23-11-14-10-19(26)25(12-14)15-5-2-3-6-15/h4,7-9,14-15H,2-3,5-6,10-12H2,1H3,(H,23,27)/t14-/m0/s1. The molecule has 1 aliphatic heterocycles. The molecule has 1 aromatic carbocycles. The van der Waals surface area contributed by atoms with Crippen LogP contribution in [0.2, 0.25) is 5.02 Å². The first-order valence-electron chi connectivity index (χ1n) is 9.66. The number of rotatable bonds is 4. The number of benzene rings is 1. The Balaban J connectivity index is 1.45. The van der Waals surface area contributed by atoms with Crippen molar-refractivity contribution in [3.05, 3.63) is 40.5 Å². The molecule has 6 heteroatoms. The number of halogens is 1. The van der Waals surface area contributed by atoms with E-state index in [9.17, 15) is 9.59 Å². The molecule has 142 valence electrons. The minimum atomic E-state index is -0.139. The molecule has 2 aromatic rings. The maximum absolute atomic E-state index is 12.8.